The van der Waals surface area contributed by atoms with Crippen molar-refractivity contribution in [3.8, 4) is 0 Å². The van der Waals surface area contributed by atoms with Gasteiger partial charge >= 0.3 is 0 Å². The molecule has 4 heteroatoms. The molecule has 4 aliphatic rings. The maximum Gasteiger partial charge on any atom is 0.239 e. The minimum atomic E-state index is -0.156. The van der Waals surface area contributed by atoms with E-state index in [1.807, 2.05) is 6.07 Å². The second-order valence-corrected chi connectivity index (χ2v) is 9.33. The topological polar surface area (TPSA) is 41.6 Å². The zero-order valence-corrected chi connectivity index (χ0v) is 16.2. The number of hydrogen-bond acceptors (Lipinski definition) is 3. The molecule has 2 bridgehead atoms. The predicted octanol–water partition coefficient (Wildman–Crippen LogP) is 3.22. The van der Waals surface area contributed by atoms with Crippen molar-refractivity contribution < 1.29 is 9.53 Å². The van der Waals surface area contributed by atoms with Gasteiger partial charge in [-0.15, -0.1) is 0 Å². The SMILES string of the molecule is O=C(NC1CCC2CC3CC3CC1C2)C1COCCN1Cc1ccccc1. The Balaban J connectivity index is 1.23. The van der Waals surface area contributed by atoms with Crippen molar-refractivity contribution in [3.05, 3.63) is 35.9 Å². The van der Waals surface area contributed by atoms with Crippen LogP contribution in [0.25, 0.3) is 0 Å². The van der Waals surface area contributed by atoms with Crippen molar-refractivity contribution in [2.45, 2.75) is 57.2 Å². The minimum absolute atomic E-state index is 0.156. The molecule has 0 radical (unpaired) electrons. The molecule has 1 aliphatic heterocycles. The zero-order valence-electron chi connectivity index (χ0n) is 16.2. The Morgan fingerprint density at radius 1 is 1.04 bits per heavy atom. The van der Waals surface area contributed by atoms with E-state index in [4.69, 9.17) is 4.74 Å². The van der Waals surface area contributed by atoms with Crippen LogP contribution in [0.2, 0.25) is 0 Å². The number of ether oxygens (including phenoxy) is 1. The van der Waals surface area contributed by atoms with Gasteiger partial charge in [-0.25, -0.2) is 0 Å². The van der Waals surface area contributed by atoms with E-state index in [1.165, 1.54) is 44.1 Å². The molecule has 1 aromatic rings. The number of hydrogen-bond donors (Lipinski definition) is 1. The summed E-state index contributed by atoms with van der Waals surface area (Å²) in [4.78, 5) is 15.5. The van der Waals surface area contributed by atoms with Crippen LogP contribution >= 0.6 is 0 Å². The number of morpholine rings is 1. The number of nitrogens with zero attached hydrogens (tertiary/aromatic N) is 1. The van der Waals surface area contributed by atoms with Crippen molar-refractivity contribution in [3.63, 3.8) is 0 Å². The van der Waals surface area contributed by atoms with Crippen LogP contribution in [0, 0.1) is 23.7 Å². The standard InChI is InChI=1S/C23H32N2O2/c26-23(22-15-27-9-8-25(22)14-16-4-2-1-3-5-16)24-21-7-6-17-10-18-12-19(18)13-20(21)11-17/h1-5,17-22H,6-15H2,(H,24,26). The van der Waals surface area contributed by atoms with Gasteiger partial charge in [-0.3, -0.25) is 9.69 Å². The number of carbonyl (C=O) groups excluding carboxylic acids is 1. The van der Waals surface area contributed by atoms with Crippen molar-refractivity contribution in [2.75, 3.05) is 19.8 Å². The third-order valence-electron chi connectivity index (χ3n) is 7.50. The van der Waals surface area contributed by atoms with Gasteiger partial charge in [0, 0.05) is 19.1 Å². The smallest absolute Gasteiger partial charge is 0.239 e. The molecule has 0 aromatic heterocycles. The van der Waals surface area contributed by atoms with Gasteiger partial charge in [0.05, 0.1) is 13.2 Å². The Morgan fingerprint density at radius 3 is 2.70 bits per heavy atom. The van der Waals surface area contributed by atoms with E-state index in [-0.39, 0.29) is 11.9 Å². The lowest BCUT2D eigenvalue weighted by Crippen LogP contribution is -2.56. The van der Waals surface area contributed by atoms with Gasteiger partial charge in [0.1, 0.15) is 6.04 Å². The molecule has 5 rings (SSSR count). The first-order valence-corrected chi connectivity index (χ1v) is 10.9. The lowest BCUT2D eigenvalue weighted by molar-refractivity contribution is -0.134. The molecule has 27 heavy (non-hydrogen) atoms. The summed E-state index contributed by atoms with van der Waals surface area (Å²) in [6.07, 6.45) is 8.08. The normalized spacial score (nSPS) is 38.5. The summed E-state index contributed by atoms with van der Waals surface area (Å²) in [5, 5.41) is 3.47. The summed E-state index contributed by atoms with van der Waals surface area (Å²) in [7, 11) is 0. The van der Waals surface area contributed by atoms with Gasteiger partial charge < -0.3 is 10.1 Å². The predicted molar refractivity (Wildman–Crippen MR) is 105 cm³/mol. The Labute approximate surface area is 162 Å². The fourth-order valence-electron chi connectivity index (χ4n) is 5.90. The number of fused-ring (bicyclic) bond motifs is 3. The van der Waals surface area contributed by atoms with Gasteiger partial charge in [0.25, 0.3) is 0 Å². The highest BCUT2D eigenvalue weighted by atomic mass is 16.5. The number of amides is 1. The molecule has 1 amide bonds. The fourth-order valence-corrected chi connectivity index (χ4v) is 5.90. The molecule has 4 fully saturated rings. The number of nitrogens with one attached hydrogen (secondary N) is 1. The zero-order chi connectivity index (χ0) is 18.2. The van der Waals surface area contributed by atoms with E-state index in [0.29, 0.717) is 25.2 Å². The Morgan fingerprint density at radius 2 is 1.81 bits per heavy atom. The van der Waals surface area contributed by atoms with Crippen molar-refractivity contribution in [2.24, 2.45) is 23.7 Å². The first-order chi connectivity index (χ1) is 13.3. The Hall–Kier alpha value is -1.39. The molecule has 1 N–H and O–H groups in total. The molecule has 4 nitrogen and oxygen atoms in total. The lowest BCUT2D eigenvalue weighted by Gasteiger charge is -2.39. The summed E-state index contributed by atoms with van der Waals surface area (Å²) in [5.74, 6) is 3.80. The van der Waals surface area contributed by atoms with Crippen molar-refractivity contribution in [1.29, 1.82) is 0 Å². The maximum absolute atomic E-state index is 13.2. The molecule has 1 aromatic carbocycles. The number of rotatable bonds is 4. The maximum atomic E-state index is 13.2. The molecular weight excluding hydrogens is 336 g/mol. The molecule has 1 heterocycles. The highest BCUT2D eigenvalue weighted by Crippen LogP contribution is 2.54. The van der Waals surface area contributed by atoms with E-state index < -0.39 is 0 Å². The van der Waals surface area contributed by atoms with Crippen LogP contribution in [0.1, 0.15) is 44.1 Å². The Kier molecular flexibility index (Phi) is 4.95. The van der Waals surface area contributed by atoms with Gasteiger partial charge in [0.15, 0.2) is 0 Å². The highest BCUT2D eigenvalue weighted by molar-refractivity contribution is 5.82. The quantitative estimate of drug-likeness (QED) is 0.887. The first-order valence-electron chi connectivity index (χ1n) is 10.9. The largest absolute Gasteiger partial charge is 0.378 e. The average Bonchev–Trinajstić information content (AvgIpc) is 3.43. The third kappa shape index (κ3) is 3.93. The van der Waals surface area contributed by atoms with E-state index in [9.17, 15) is 4.79 Å². The molecule has 3 aliphatic carbocycles. The van der Waals surface area contributed by atoms with Crippen LogP contribution < -0.4 is 5.32 Å². The molecular formula is C23H32N2O2. The van der Waals surface area contributed by atoms with Crippen molar-refractivity contribution >= 4 is 5.91 Å². The van der Waals surface area contributed by atoms with E-state index in [2.05, 4.69) is 34.5 Å². The summed E-state index contributed by atoms with van der Waals surface area (Å²) in [6, 6.07) is 10.7. The molecule has 0 spiro atoms. The van der Waals surface area contributed by atoms with E-state index in [1.54, 1.807) is 0 Å². The first kappa shape index (κ1) is 17.7. The van der Waals surface area contributed by atoms with Crippen LogP contribution in [0.3, 0.4) is 0 Å². The Bertz CT molecular complexity index is 662. The van der Waals surface area contributed by atoms with Gasteiger partial charge in [-0.1, -0.05) is 30.3 Å². The highest BCUT2D eigenvalue weighted by Gasteiger charge is 2.47. The monoisotopic (exact) mass is 368 g/mol. The van der Waals surface area contributed by atoms with Crippen LogP contribution in [0.5, 0.6) is 0 Å². The minimum Gasteiger partial charge on any atom is -0.378 e. The second-order valence-electron chi connectivity index (χ2n) is 9.33. The summed E-state index contributed by atoms with van der Waals surface area (Å²) >= 11 is 0. The second kappa shape index (κ2) is 7.56. The van der Waals surface area contributed by atoms with E-state index in [0.717, 1.165) is 30.8 Å². The van der Waals surface area contributed by atoms with Crippen LogP contribution in [-0.4, -0.2) is 42.6 Å². The average molecular weight is 369 g/mol. The van der Waals surface area contributed by atoms with Crippen molar-refractivity contribution in [1.82, 2.24) is 10.2 Å². The summed E-state index contributed by atoms with van der Waals surface area (Å²) in [6.45, 7) is 2.88. The molecule has 6 atom stereocenters. The van der Waals surface area contributed by atoms with Crippen LogP contribution in [-0.2, 0) is 16.1 Å². The molecule has 6 unspecified atom stereocenters. The summed E-state index contributed by atoms with van der Waals surface area (Å²) < 4.78 is 5.68. The van der Waals surface area contributed by atoms with Gasteiger partial charge in [0.2, 0.25) is 5.91 Å². The number of benzene rings is 1. The third-order valence-corrected chi connectivity index (χ3v) is 7.50. The summed E-state index contributed by atoms with van der Waals surface area (Å²) in [5.41, 5.74) is 1.27. The molecule has 1 saturated heterocycles. The van der Waals surface area contributed by atoms with Gasteiger partial charge in [-0.2, -0.15) is 0 Å². The van der Waals surface area contributed by atoms with Gasteiger partial charge in [-0.05, 0) is 67.8 Å². The fraction of sp³-hybridized carbons (Fsp3) is 0.696. The van der Waals surface area contributed by atoms with Crippen LogP contribution in [0.15, 0.2) is 30.3 Å². The van der Waals surface area contributed by atoms with E-state index >= 15 is 0 Å². The molecule has 3 saturated carbocycles. The molecule has 146 valence electrons. The number of carbonyl (C=O) groups is 1. The lowest BCUT2D eigenvalue weighted by atomic mass is 9.76. The van der Waals surface area contributed by atoms with Crippen LogP contribution in [0.4, 0.5) is 0 Å².